The van der Waals surface area contributed by atoms with E-state index in [0.717, 1.165) is 0 Å². The van der Waals surface area contributed by atoms with E-state index in [1.807, 2.05) is 0 Å². The molecule has 23 heavy (non-hydrogen) atoms. The number of ether oxygens (including phenoxy) is 3. The molecule has 0 unspecified atom stereocenters. The fourth-order valence-electron chi connectivity index (χ4n) is 1.92. The molecule has 1 amide bonds. The first-order valence-electron chi connectivity index (χ1n) is 7.02. The molecule has 122 valence electrons. The van der Waals surface area contributed by atoms with Crippen molar-refractivity contribution in [2.45, 2.75) is 6.42 Å². The van der Waals surface area contributed by atoms with E-state index in [0.29, 0.717) is 17.2 Å². The lowest BCUT2D eigenvalue weighted by Gasteiger charge is -2.10. The summed E-state index contributed by atoms with van der Waals surface area (Å²) in [6, 6.07) is 11.1. The summed E-state index contributed by atoms with van der Waals surface area (Å²) in [6.45, 7) is 0.0773. The summed E-state index contributed by atoms with van der Waals surface area (Å²) < 4.78 is 28.9. The number of halogens is 1. The van der Waals surface area contributed by atoms with Gasteiger partial charge in [0.1, 0.15) is 11.5 Å². The van der Waals surface area contributed by atoms with Crippen molar-refractivity contribution in [1.82, 2.24) is 0 Å². The van der Waals surface area contributed by atoms with Gasteiger partial charge in [-0.3, -0.25) is 4.79 Å². The number of methoxy groups -OCH3 is 2. The molecule has 1 N–H and O–H groups in total. The zero-order valence-electron chi connectivity index (χ0n) is 13.0. The number of carbonyl (C=O) groups is 1. The van der Waals surface area contributed by atoms with E-state index in [1.54, 1.807) is 30.3 Å². The zero-order chi connectivity index (χ0) is 16.7. The summed E-state index contributed by atoms with van der Waals surface area (Å²) in [7, 11) is 3.06. The van der Waals surface area contributed by atoms with Crippen molar-refractivity contribution in [3.63, 3.8) is 0 Å². The molecule has 0 heterocycles. The molecule has 5 nitrogen and oxygen atoms in total. The van der Waals surface area contributed by atoms with Crippen LogP contribution in [-0.4, -0.2) is 26.7 Å². The van der Waals surface area contributed by atoms with Gasteiger partial charge in [-0.1, -0.05) is 12.1 Å². The Kier molecular flexibility index (Phi) is 5.80. The summed E-state index contributed by atoms with van der Waals surface area (Å²) in [5.74, 6) is 0.565. The van der Waals surface area contributed by atoms with Crippen molar-refractivity contribution < 1.29 is 23.4 Å². The average molecular weight is 319 g/mol. The summed E-state index contributed by atoms with van der Waals surface area (Å²) in [4.78, 5) is 11.9. The van der Waals surface area contributed by atoms with Gasteiger partial charge in [0.2, 0.25) is 5.91 Å². The fraction of sp³-hybridized carbons (Fsp3) is 0.235. The fourth-order valence-corrected chi connectivity index (χ4v) is 1.92. The summed E-state index contributed by atoms with van der Waals surface area (Å²) in [5.41, 5.74) is 0.553. The van der Waals surface area contributed by atoms with Gasteiger partial charge in [0.05, 0.1) is 27.2 Å². The molecular formula is C17H18FNO4. The molecule has 0 aliphatic heterocycles. The summed E-state index contributed by atoms with van der Waals surface area (Å²) >= 11 is 0. The molecule has 0 radical (unpaired) electrons. The van der Waals surface area contributed by atoms with Gasteiger partial charge in [-0.15, -0.1) is 0 Å². The second-order valence-electron chi connectivity index (χ2n) is 4.68. The Morgan fingerprint density at radius 1 is 1.09 bits per heavy atom. The molecule has 0 aliphatic rings. The molecule has 0 bridgehead atoms. The first-order valence-corrected chi connectivity index (χ1v) is 7.02. The van der Waals surface area contributed by atoms with Crippen molar-refractivity contribution in [3.05, 3.63) is 48.3 Å². The Morgan fingerprint density at radius 3 is 2.35 bits per heavy atom. The molecule has 2 aromatic rings. The molecule has 0 aliphatic carbocycles. The molecule has 0 saturated heterocycles. The third-order valence-electron chi connectivity index (χ3n) is 3.06. The summed E-state index contributed by atoms with van der Waals surface area (Å²) in [5, 5.41) is 2.72. The van der Waals surface area contributed by atoms with Crippen LogP contribution in [0.4, 0.5) is 10.1 Å². The maximum Gasteiger partial charge on any atom is 0.227 e. The first kappa shape index (κ1) is 16.6. The molecule has 0 atom stereocenters. The van der Waals surface area contributed by atoms with Gasteiger partial charge in [0.15, 0.2) is 11.6 Å². The van der Waals surface area contributed by atoms with Crippen LogP contribution in [-0.2, 0) is 4.79 Å². The molecule has 0 fully saturated rings. The predicted octanol–water partition coefficient (Wildman–Crippen LogP) is 3.25. The molecule has 0 spiro atoms. The highest BCUT2D eigenvalue weighted by atomic mass is 19.1. The highest BCUT2D eigenvalue weighted by molar-refractivity contribution is 5.91. The quantitative estimate of drug-likeness (QED) is 0.851. The lowest BCUT2D eigenvalue weighted by molar-refractivity contribution is -0.116. The predicted molar refractivity (Wildman–Crippen MR) is 84.7 cm³/mol. The van der Waals surface area contributed by atoms with Gasteiger partial charge in [-0.25, -0.2) is 4.39 Å². The maximum absolute atomic E-state index is 13.4. The van der Waals surface area contributed by atoms with E-state index in [1.165, 1.54) is 26.4 Å². The average Bonchev–Trinajstić information content (AvgIpc) is 2.56. The lowest BCUT2D eigenvalue weighted by Crippen LogP contribution is -2.15. The third-order valence-corrected chi connectivity index (χ3v) is 3.06. The van der Waals surface area contributed by atoms with Crippen molar-refractivity contribution in [2.24, 2.45) is 0 Å². The van der Waals surface area contributed by atoms with Gasteiger partial charge < -0.3 is 19.5 Å². The van der Waals surface area contributed by atoms with Gasteiger partial charge in [0, 0.05) is 23.9 Å². The van der Waals surface area contributed by atoms with Crippen LogP contribution in [0.25, 0.3) is 0 Å². The van der Waals surface area contributed by atoms with Crippen LogP contribution in [0.15, 0.2) is 42.5 Å². The SMILES string of the molecule is COc1cc(NC(=O)CCOc2ccccc2F)cc(OC)c1. The number of amides is 1. The van der Waals surface area contributed by atoms with E-state index in [4.69, 9.17) is 14.2 Å². The number of hydrogen-bond donors (Lipinski definition) is 1. The minimum atomic E-state index is -0.453. The number of hydrogen-bond acceptors (Lipinski definition) is 4. The number of anilines is 1. The van der Waals surface area contributed by atoms with E-state index >= 15 is 0 Å². The van der Waals surface area contributed by atoms with Gasteiger partial charge in [0.25, 0.3) is 0 Å². The van der Waals surface area contributed by atoms with Crippen LogP contribution in [0.5, 0.6) is 17.2 Å². The first-order chi connectivity index (χ1) is 11.1. The van der Waals surface area contributed by atoms with Crippen LogP contribution in [0.3, 0.4) is 0 Å². The zero-order valence-corrected chi connectivity index (χ0v) is 13.0. The minimum Gasteiger partial charge on any atom is -0.497 e. The van der Waals surface area contributed by atoms with Crippen LogP contribution in [0, 0.1) is 5.82 Å². The monoisotopic (exact) mass is 319 g/mol. The van der Waals surface area contributed by atoms with Crippen molar-refractivity contribution in [3.8, 4) is 17.2 Å². The van der Waals surface area contributed by atoms with Crippen molar-refractivity contribution in [2.75, 3.05) is 26.1 Å². The van der Waals surface area contributed by atoms with Crippen LogP contribution < -0.4 is 19.5 Å². The number of rotatable bonds is 7. The smallest absolute Gasteiger partial charge is 0.227 e. The van der Waals surface area contributed by atoms with E-state index in [-0.39, 0.29) is 24.7 Å². The Bertz CT molecular complexity index is 653. The lowest BCUT2D eigenvalue weighted by atomic mass is 10.2. The molecule has 2 rings (SSSR count). The second-order valence-corrected chi connectivity index (χ2v) is 4.68. The highest BCUT2D eigenvalue weighted by Gasteiger charge is 2.08. The van der Waals surface area contributed by atoms with Gasteiger partial charge in [-0.05, 0) is 12.1 Å². The van der Waals surface area contributed by atoms with Crippen LogP contribution >= 0.6 is 0 Å². The second kappa shape index (κ2) is 8.03. The van der Waals surface area contributed by atoms with E-state index in [9.17, 15) is 9.18 Å². The van der Waals surface area contributed by atoms with E-state index < -0.39 is 5.82 Å². The van der Waals surface area contributed by atoms with Crippen LogP contribution in [0.2, 0.25) is 0 Å². The largest absolute Gasteiger partial charge is 0.497 e. The minimum absolute atomic E-state index is 0.0773. The third kappa shape index (κ3) is 4.88. The molecule has 0 aromatic heterocycles. The Balaban J connectivity index is 1.88. The normalized spacial score (nSPS) is 10.0. The number of para-hydroxylation sites is 1. The molecule has 6 heteroatoms. The number of carbonyl (C=O) groups excluding carboxylic acids is 1. The molecule has 2 aromatic carbocycles. The number of nitrogens with one attached hydrogen (secondary N) is 1. The Morgan fingerprint density at radius 2 is 1.74 bits per heavy atom. The highest BCUT2D eigenvalue weighted by Crippen LogP contribution is 2.25. The standard InChI is InChI=1S/C17H18FNO4/c1-21-13-9-12(10-14(11-13)22-2)19-17(20)7-8-23-16-6-4-3-5-15(16)18/h3-6,9-11H,7-8H2,1-2H3,(H,19,20). The van der Waals surface area contributed by atoms with Crippen molar-refractivity contribution in [1.29, 1.82) is 0 Å². The molecular weight excluding hydrogens is 301 g/mol. The molecule has 0 saturated carbocycles. The van der Waals surface area contributed by atoms with Crippen LogP contribution in [0.1, 0.15) is 6.42 Å². The summed E-state index contributed by atoms with van der Waals surface area (Å²) in [6.07, 6.45) is 0.0911. The Hall–Kier alpha value is -2.76. The van der Waals surface area contributed by atoms with Crippen molar-refractivity contribution >= 4 is 11.6 Å². The maximum atomic E-state index is 13.4. The number of benzene rings is 2. The topological polar surface area (TPSA) is 56.8 Å². The Labute approximate surface area is 134 Å². The van der Waals surface area contributed by atoms with E-state index in [2.05, 4.69) is 5.32 Å². The van der Waals surface area contributed by atoms with Gasteiger partial charge >= 0.3 is 0 Å². The van der Waals surface area contributed by atoms with Gasteiger partial charge in [-0.2, -0.15) is 0 Å².